The molecule has 1 heterocycles. The van der Waals surface area contributed by atoms with Gasteiger partial charge in [-0.25, -0.2) is 4.39 Å². The number of phenolic OH excluding ortho intramolecular Hbond substituents is 1. The van der Waals surface area contributed by atoms with E-state index >= 15 is 0 Å². The summed E-state index contributed by atoms with van der Waals surface area (Å²) in [4.78, 5) is 0. The molecule has 0 spiro atoms. The summed E-state index contributed by atoms with van der Waals surface area (Å²) >= 11 is 0. The lowest BCUT2D eigenvalue weighted by molar-refractivity contribution is 0.00578. The van der Waals surface area contributed by atoms with E-state index in [4.69, 9.17) is 9.31 Å². The molecule has 6 heteroatoms. The van der Waals surface area contributed by atoms with Gasteiger partial charge < -0.3 is 19.7 Å². The van der Waals surface area contributed by atoms with Crippen LogP contribution in [0.5, 0.6) is 5.75 Å². The van der Waals surface area contributed by atoms with Crippen molar-refractivity contribution < 1.29 is 18.8 Å². The Morgan fingerprint density at radius 3 is 2.41 bits per heavy atom. The van der Waals surface area contributed by atoms with Crippen LogP contribution in [0.1, 0.15) is 33.3 Å². The second kappa shape index (κ2) is 6.03. The number of phenols is 1. The molecule has 2 N–H and O–H groups in total. The summed E-state index contributed by atoms with van der Waals surface area (Å²) in [6, 6.07) is 4.53. The molecule has 0 radical (unpaired) electrons. The minimum absolute atomic E-state index is 0.306. The second-order valence-electron chi connectivity index (χ2n) is 6.52. The van der Waals surface area contributed by atoms with Gasteiger partial charge in [-0.15, -0.1) is 0 Å². The van der Waals surface area contributed by atoms with Crippen molar-refractivity contribution in [2.45, 2.75) is 38.9 Å². The number of halogens is 1. The standard InChI is InChI=1S/C16H23BFNO3/c1-15(2)16(3,4)22-17(21-15)12(10-19-5)9-11-7-6-8-13(20)14(11)18/h6-9,19-20H,10H2,1-5H3. The number of hydrogen-bond acceptors (Lipinski definition) is 4. The number of nitrogens with one attached hydrogen (secondary N) is 1. The molecule has 0 unspecified atom stereocenters. The Morgan fingerprint density at radius 2 is 1.86 bits per heavy atom. The fourth-order valence-corrected chi connectivity index (χ4v) is 2.25. The SMILES string of the molecule is CNCC(=Cc1cccc(O)c1F)B1OC(C)(C)C(C)(C)O1. The fourth-order valence-electron chi connectivity index (χ4n) is 2.25. The fraction of sp³-hybridized carbons (Fsp3) is 0.500. The van der Waals surface area contributed by atoms with E-state index in [0.717, 1.165) is 5.47 Å². The number of aromatic hydroxyl groups is 1. The highest BCUT2D eigenvalue weighted by Crippen LogP contribution is 2.38. The van der Waals surface area contributed by atoms with Crippen molar-refractivity contribution in [3.05, 3.63) is 35.1 Å². The maximum absolute atomic E-state index is 14.0. The third-order valence-electron chi connectivity index (χ3n) is 4.29. The molecule has 0 bridgehead atoms. The highest BCUT2D eigenvalue weighted by molar-refractivity contribution is 6.55. The van der Waals surface area contributed by atoms with Crippen molar-refractivity contribution in [1.82, 2.24) is 5.32 Å². The Balaban J connectivity index is 2.35. The average molecular weight is 307 g/mol. The predicted octanol–water partition coefficient (Wildman–Crippen LogP) is 2.77. The Kier molecular flexibility index (Phi) is 4.66. The van der Waals surface area contributed by atoms with Crippen LogP contribution in [0.2, 0.25) is 0 Å². The molecule has 0 saturated carbocycles. The first-order valence-electron chi connectivity index (χ1n) is 7.36. The number of benzene rings is 1. The van der Waals surface area contributed by atoms with Gasteiger partial charge in [-0.2, -0.15) is 0 Å². The van der Waals surface area contributed by atoms with Gasteiger partial charge in [-0.1, -0.05) is 18.2 Å². The third kappa shape index (κ3) is 3.19. The molecular formula is C16H23BFNO3. The summed E-state index contributed by atoms with van der Waals surface area (Å²) in [6.07, 6.45) is 1.66. The summed E-state index contributed by atoms with van der Waals surface area (Å²) in [7, 11) is 1.25. The Labute approximate surface area is 131 Å². The van der Waals surface area contributed by atoms with E-state index in [1.54, 1.807) is 25.3 Å². The van der Waals surface area contributed by atoms with Gasteiger partial charge in [0.1, 0.15) is 0 Å². The predicted molar refractivity (Wildman–Crippen MR) is 86.1 cm³/mol. The Hall–Kier alpha value is -1.37. The van der Waals surface area contributed by atoms with E-state index in [0.29, 0.717) is 12.1 Å². The minimum atomic E-state index is -0.646. The van der Waals surface area contributed by atoms with Crippen molar-refractivity contribution in [1.29, 1.82) is 0 Å². The van der Waals surface area contributed by atoms with Crippen molar-refractivity contribution >= 4 is 13.2 Å². The van der Waals surface area contributed by atoms with Crippen LogP contribution < -0.4 is 5.32 Å². The monoisotopic (exact) mass is 307 g/mol. The molecular weight excluding hydrogens is 284 g/mol. The van der Waals surface area contributed by atoms with Crippen LogP contribution in [0, 0.1) is 5.82 Å². The average Bonchev–Trinajstić information content (AvgIpc) is 2.63. The molecule has 0 amide bonds. The van der Waals surface area contributed by atoms with E-state index in [9.17, 15) is 9.50 Å². The number of likely N-dealkylation sites (N-methyl/N-ethyl adjacent to an activating group) is 1. The van der Waals surface area contributed by atoms with Gasteiger partial charge in [0.15, 0.2) is 11.6 Å². The minimum Gasteiger partial charge on any atom is -0.505 e. The molecule has 0 aromatic heterocycles. The molecule has 1 fully saturated rings. The van der Waals surface area contributed by atoms with Crippen LogP contribution in [0.25, 0.3) is 6.08 Å². The Morgan fingerprint density at radius 1 is 1.27 bits per heavy atom. The van der Waals surface area contributed by atoms with E-state index in [1.165, 1.54) is 6.07 Å². The third-order valence-corrected chi connectivity index (χ3v) is 4.29. The molecule has 4 nitrogen and oxygen atoms in total. The van der Waals surface area contributed by atoms with Crippen molar-refractivity contribution in [3.63, 3.8) is 0 Å². The number of rotatable bonds is 4. The van der Waals surface area contributed by atoms with Gasteiger partial charge >= 0.3 is 7.12 Å². The van der Waals surface area contributed by atoms with E-state index in [-0.39, 0.29) is 5.75 Å². The molecule has 1 aliphatic rings. The lowest BCUT2D eigenvalue weighted by Crippen LogP contribution is -2.41. The molecule has 120 valence electrons. The zero-order chi connectivity index (χ0) is 16.5. The van der Waals surface area contributed by atoms with E-state index in [2.05, 4.69) is 5.32 Å². The maximum atomic E-state index is 14.0. The van der Waals surface area contributed by atoms with Crippen LogP contribution >= 0.6 is 0 Å². The zero-order valence-electron chi connectivity index (χ0n) is 13.7. The zero-order valence-corrected chi connectivity index (χ0v) is 13.7. The molecule has 0 aliphatic carbocycles. The van der Waals surface area contributed by atoms with Gasteiger partial charge in [-0.3, -0.25) is 0 Å². The molecule has 1 aromatic carbocycles. The van der Waals surface area contributed by atoms with Crippen molar-refractivity contribution in [2.24, 2.45) is 0 Å². The van der Waals surface area contributed by atoms with Gasteiger partial charge in [0.05, 0.1) is 11.2 Å². The largest absolute Gasteiger partial charge is 0.505 e. The summed E-state index contributed by atoms with van der Waals surface area (Å²) in [5.74, 6) is -1.01. The maximum Gasteiger partial charge on any atom is 0.491 e. The topological polar surface area (TPSA) is 50.7 Å². The summed E-state index contributed by atoms with van der Waals surface area (Å²) < 4.78 is 26.0. The first-order chi connectivity index (χ1) is 10.2. The van der Waals surface area contributed by atoms with Gasteiger partial charge in [0.2, 0.25) is 0 Å². The molecule has 0 atom stereocenters. The highest BCUT2D eigenvalue weighted by atomic mass is 19.1. The Bertz CT molecular complexity index is 571. The van der Waals surface area contributed by atoms with Gasteiger partial charge in [-0.05, 0) is 46.3 Å². The highest BCUT2D eigenvalue weighted by Gasteiger charge is 2.52. The first-order valence-corrected chi connectivity index (χ1v) is 7.36. The van der Waals surface area contributed by atoms with Crippen LogP contribution in [-0.4, -0.2) is 37.0 Å². The molecule has 2 rings (SSSR count). The summed E-state index contributed by atoms with van der Waals surface area (Å²) in [6.45, 7) is 8.38. The summed E-state index contributed by atoms with van der Waals surface area (Å²) in [5.41, 5.74) is 0.162. The van der Waals surface area contributed by atoms with Gasteiger partial charge in [0.25, 0.3) is 0 Å². The van der Waals surface area contributed by atoms with E-state index in [1.807, 2.05) is 27.7 Å². The molecule has 1 aliphatic heterocycles. The molecule has 22 heavy (non-hydrogen) atoms. The van der Waals surface area contributed by atoms with Crippen LogP contribution in [0.15, 0.2) is 23.7 Å². The van der Waals surface area contributed by atoms with Crippen molar-refractivity contribution in [3.8, 4) is 5.75 Å². The van der Waals surface area contributed by atoms with Crippen LogP contribution in [0.4, 0.5) is 4.39 Å². The van der Waals surface area contributed by atoms with Crippen LogP contribution in [0.3, 0.4) is 0 Å². The smallest absolute Gasteiger partial charge is 0.491 e. The molecule has 1 saturated heterocycles. The van der Waals surface area contributed by atoms with Gasteiger partial charge in [0, 0.05) is 12.1 Å². The lowest BCUT2D eigenvalue weighted by atomic mass is 9.77. The summed E-state index contributed by atoms with van der Waals surface area (Å²) in [5, 5.41) is 12.5. The van der Waals surface area contributed by atoms with E-state index < -0.39 is 24.1 Å². The second-order valence-corrected chi connectivity index (χ2v) is 6.52. The quantitative estimate of drug-likeness (QED) is 0.840. The van der Waals surface area contributed by atoms with Crippen LogP contribution in [-0.2, 0) is 9.31 Å². The normalized spacial score (nSPS) is 20.5. The first kappa shape index (κ1) is 17.0. The van der Waals surface area contributed by atoms with Crippen molar-refractivity contribution in [2.75, 3.05) is 13.6 Å². The molecule has 1 aromatic rings. The number of hydrogen-bond donors (Lipinski definition) is 2. The lowest BCUT2D eigenvalue weighted by Gasteiger charge is -2.32.